The summed E-state index contributed by atoms with van der Waals surface area (Å²) in [7, 11) is 1.87. The van der Waals surface area contributed by atoms with Crippen LogP contribution < -0.4 is 5.73 Å². The molecule has 0 aliphatic rings. The molecule has 0 saturated carbocycles. The minimum atomic E-state index is 0.537. The third kappa shape index (κ3) is 1.31. The van der Waals surface area contributed by atoms with Gasteiger partial charge in [-0.05, 0) is 22.0 Å². The maximum Gasteiger partial charge on any atom is 0.128 e. The van der Waals surface area contributed by atoms with E-state index in [1.165, 1.54) is 0 Å². The molecule has 1 aromatic heterocycles. The summed E-state index contributed by atoms with van der Waals surface area (Å²) in [4.78, 5) is 0. The Hall–Kier alpha value is -0.350. The third-order valence-electron chi connectivity index (χ3n) is 1.16. The number of nitrogens with two attached hydrogens (primary N) is 1. The van der Waals surface area contributed by atoms with Gasteiger partial charge in [0.2, 0.25) is 0 Å². The molecule has 0 fully saturated rings. The van der Waals surface area contributed by atoms with Gasteiger partial charge in [-0.25, -0.2) is 0 Å². The number of hydrogen-bond acceptors (Lipinski definition) is 2. The van der Waals surface area contributed by atoms with Crippen molar-refractivity contribution >= 4 is 15.9 Å². The summed E-state index contributed by atoms with van der Waals surface area (Å²) in [6.45, 7) is 0.537. The summed E-state index contributed by atoms with van der Waals surface area (Å²) in [6, 6.07) is 1.90. The van der Waals surface area contributed by atoms with Crippen molar-refractivity contribution in [3.05, 3.63) is 16.4 Å². The molecule has 1 aromatic rings. The highest BCUT2D eigenvalue weighted by Gasteiger charge is 1.97. The van der Waals surface area contributed by atoms with Crippen LogP contribution in [-0.2, 0) is 13.6 Å². The predicted octanol–water partition coefficient (Wildman–Crippen LogP) is 0.641. The number of hydrogen-bond donors (Lipinski definition) is 1. The molecule has 0 amide bonds. The molecule has 0 aromatic carbocycles. The lowest BCUT2D eigenvalue weighted by Gasteiger charge is -1.92. The number of rotatable bonds is 1. The minimum Gasteiger partial charge on any atom is -0.325 e. The largest absolute Gasteiger partial charge is 0.325 e. The number of aromatic nitrogens is 2. The van der Waals surface area contributed by atoms with Crippen molar-refractivity contribution in [1.82, 2.24) is 9.78 Å². The van der Waals surface area contributed by atoms with E-state index in [1.54, 1.807) is 4.68 Å². The molecule has 0 bridgehead atoms. The van der Waals surface area contributed by atoms with E-state index < -0.39 is 0 Å². The van der Waals surface area contributed by atoms with Gasteiger partial charge in [0, 0.05) is 13.6 Å². The van der Waals surface area contributed by atoms with E-state index in [9.17, 15) is 0 Å². The van der Waals surface area contributed by atoms with E-state index in [4.69, 9.17) is 5.73 Å². The van der Waals surface area contributed by atoms with Gasteiger partial charge in [-0.1, -0.05) is 0 Å². The Morgan fingerprint density at radius 2 is 2.56 bits per heavy atom. The quantitative estimate of drug-likeness (QED) is 0.706. The van der Waals surface area contributed by atoms with Crippen molar-refractivity contribution in [2.75, 3.05) is 0 Å². The zero-order chi connectivity index (χ0) is 6.85. The predicted molar refractivity (Wildman–Crippen MR) is 38.8 cm³/mol. The zero-order valence-electron chi connectivity index (χ0n) is 5.13. The first-order valence-electron chi connectivity index (χ1n) is 2.62. The Morgan fingerprint density at radius 3 is 2.78 bits per heavy atom. The molecule has 0 atom stereocenters. The van der Waals surface area contributed by atoms with E-state index in [1.807, 2.05) is 13.1 Å². The Balaban J connectivity index is 3.01. The number of nitrogens with zero attached hydrogens (tertiary/aromatic N) is 2. The van der Waals surface area contributed by atoms with Gasteiger partial charge in [-0.15, -0.1) is 0 Å². The number of aryl methyl sites for hydroxylation is 1. The summed E-state index contributed by atoms with van der Waals surface area (Å²) >= 11 is 3.24. The molecule has 3 nitrogen and oxygen atoms in total. The van der Waals surface area contributed by atoms with Crippen molar-refractivity contribution in [3.8, 4) is 0 Å². The van der Waals surface area contributed by atoms with Crippen LogP contribution >= 0.6 is 15.9 Å². The monoisotopic (exact) mass is 189 g/mol. The highest BCUT2D eigenvalue weighted by atomic mass is 79.9. The first kappa shape index (κ1) is 6.77. The van der Waals surface area contributed by atoms with Gasteiger partial charge in [-0.2, -0.15) is 5.10 Å². The van der Waals surface area contributed by atoms with Gasteiger partial charge in [0.05, 0.1) is 5.69 Å². The molecular formula is C5H8BrN3. The molecule has 0 spiro atoms. The summed E-state index contributed by atoms with van der Waals surface area (Å²) in [5.41, 5.74) is 6.41. The second-order valence-electron chi connectivity index (χ2n) is 1.79. The molecule has 0 unspecified atom stereocenters. The van der Waals surface area contributed by atoms with Crippen molar-refractivity contribution in [2.24, 2.45) is 12.8 Å². The van der Waals surface area contributed by atoms with Gasteiger partial charge in [0.15, 0.2) is 0 Å². The van der Waals surface area contributed by atoms with Crippen LogP contribution in [0.4, 0.5) is 0 Å². The van der Waals surface area contributed by atoms with Crippen LogP contribution in [0.5, 0.6) is 0 Å². The van der Waals surface area contributed by atoms with Gasteiger partial charge >= 0.3 is 0 Å². The van der Waals surface area contributed by atoms with E-state index in [-0.39, 0.29) is 0 Å². The Labute approximate surface area is 62.0 Å². The smallest absolute Gasteiger partial charge is 0.128 e. The van der Waals surface area contributed by atoms with E-state index in [2.05, 4.69) is 21.0 Å². The van der Waals surface area contributed by atoms with Crippen molar-refractivity contribution in [3.63, 3.8) is 0 Å². The number of halogens is 1. The average Bonchev–Trinajstić information content (AvgIpc) is 2.10. The van der Waals surface area contributed by atoms with Crippen LogP contribution in [0, 0.1) is 0 Å². The summed E-state index contributed by atoms with van der Waals surface area (Å²) in [5.74, 6) is 0. The summed E-state index contributed by atoms with van der Waals surface area (Å²) < 4.78 is 2.59. The van der Waals surface area contributed by atoms with Crippen molar-refractivity contribution in [1.29, 1.82) is 0 Å². The van der Waals surface area contributed by atoms with E-state index >= 15 is 0 Å². The highest BCUT2D eigenvalue weighted by molar-refractivity contribution is 9.10. The molecule has 1 heterocycles. The van der Waals surface area contributed by atoms with E-state index in [0.29, 0.717) is 6.54 Å². The fourth-order valence-corrected chi connectivity index (χ4v) is 1.16. The second-order valence-corrected chi connectivity index (χ2v) is 2.60. The van der Waals surface area contributed by atoms with E-state index in [0.717, 1.165) is 10.3 Å². The normalized spacial score (nSPS) is 10.1. The molecule has 0 aliphatic carbocycles. The van der Waals surface area contributed by atoms with Crippen LogP contribution in [0.3, 0.4) is 0 Å². The zero-order valence-corrected chi connectivity index (χ0v) is 6.72. The van der Waals surface area contributed by atoms with Crippen molar-refractivity contribution < 1.29 is 0 Å². The van der Waals surface area contributed by atoms with Crippen LogP contribution in [0.1, 0.15) is 5.69 Å². The Morgan fingerprint density at radius 1 is 1.89 bits per heavy atom. The third-order valence-corrected chi connectivity index (χ3v) is 1.54. The van der Waals surface area contributed by atoms with Crippen LogP contribution in [0.25, 0.3) is 0 Å². The second kappa shape index (κ2) is 2.49. The van der Waals surface area contributed by atoms with Gasteiger partial charge in [-0.3, -0.25) is 4.68 Å². The van der Waals surface area contributed by atoms with Crippen LogP contribution in [0.2, 0.25) is 0 Å². The van der Waals surface area contributed by atoms with Gasteiger partial charge in [0.25, 0.3) is 0 Å². The molecule has 2 N–H and O–H groups in total. The molecule has 9 heavy (non-hydrogen) atoms. The lowest BCUT2D eigenvalue weighted by Crippen LogP contribution is -2.03. The highest BCUT2D eigenvalue weighted by Crippen LogP contribution is 2.07. The minimum absolute atomic E-state index is 0.537. The maximum absolute atomic E-state index is 5.38. The first-order chi connectivity index (χ1) is 4.24. The lowest BCUT2D eigenvalue weighted by molar-refractivity contribution is 0.708. The van der Waals surface area contributed by atoms with Crippen LogP contribution in [-0.4, -0.2) is 9.78 Å². The van der Waals surface area contributed by atoms with Crippen LogP contribution in [0.15, 0.2) is 10.7 Å². The first-order valence-corrected chi connectivity index (χ1v) is 3.42. The fraction of sp³-hybridized carbons (Fsp3) is 0.400. The summed E-state index contributed by atoms with van der Waals surface area (Å²) in [5, 5.41) is 4.04. The SMILES string of the molecule is Cn1nc(Br)cc1CN. The molecule has 0 saturated heterocycles. The van der Waals surface area contributed by atoms with Gasteiger partial charge < -0.3 is 5.73 Å². The summed E-state index contributed by atoms with van der Waals surface area (Å²) in [6.07, 6.45) is 0. The standard InChI is InChI=1S/C5H8BrN3/c1-9-4(3-7)2-5(6)8-9/h2H,3,7H2,1H3. The molecule has 1 rings (SSSR count). The molecule has 50 valence electrons. The molecule has 4 heteroatoms. The Bertz CT molecular complexity index is 206. The molecule has 0 aliphatic heterocycles. The molecular weight excluding hydrogens is 182 g/mol. The fourth-order valence-electron chi connectivity index (χ4n) is 0.658. The molecule has 0 radical (unpaired) electrons. The Kier molecular flexibility index (Phi) is 1.87. The van der Waals surface area contributed by atoms with Gasteiger partial charge in [0.1, 0.15) is 4.60 Å². The van der Waals surface area contributed by atoms with Crippen molar-refractivity contribution in [2.45, 2.75) is 6.54 Å². The lowest BCUT2D eigenvalue weighted by atomic mass is 10.4. The average molecular weight is 190 g/mol. The topological polar surface area (TPSA) is 43.8 Å². The maximum atomic E-state index is 5.38.